The molecule has 0 saturated carbocycles. The van der Waals surface area contributed by atoms with E-state index in [2.05, 4.69) is 148 Å². The molecule has 11 rings (SSSR count). The van der Waals surface area contributed by atoms with E-state index in [1.165, 1.54) is 11.4 Å². The van der Waals surface area contributed by atoms with Crippen LogP contribution in [0.15, 0.2) is 285 Å². The molecule has 0 radical (unpaired) electrons. The van der Waals surface area contributed by atoms with Crippen LogP contribution in [0.25, 0.3) is 5.43 Å². The molecule has 0 atom stereocenters. The molecule has 0 amide bonds. The first kappa shape index (κ1) is 74.9. The molecule has 11 aromatic rings. The quantitative estimate of drug-likeness (QED) is 0.169. The van der Waals surface area contributed by atoms with Crippen LogP contribution < -0.4 is 5.43 Å². The predicted octanol–water partition coefficient (Wildman–Crippen LogP) is 19.6. The van der Waals surface area contributed by atoms with Crippen molar-refractivity contribution in [1.82, 2.24) is 19.3 Å². The van der Waals surface area contributed by atoms with Crippen LogP contribution in [0.3, 0.4) is 0 Å². The second kappa shape index (κ2) is 42.6. The number of hydrogen-bond acceptors (Lipinski definition) is 3. The molecule has 0 fully saturated rings. The molecule has 0 aliphatic rings. The summed E-state index contributed by atoms with van der Waals surface area (Å²) < 4.78 is 4.09. The van der Waals surface area contributed by atoms with Gasteiger partial charge in [-0.2, -0.15) is 172 Å². The van der Waals surface area contributed by atoms with Gasteiger partial charge in [0.1, 0.15) is 0 Å². The van der Waals surface area contributed by atoms with E-state index in [0.29, 0.717) is 0 Å². The van der Waals surface area contributed by atoms with Crippen molar-refractivity contribution in [3.8, 4) is 0 Å². The first-order valence-corrected chi connectivity index (χ1v) is 27.5. The number of hydrogen-bond donors (Lipinski definition) is 1. The van der Waals surface area contributed by atoms with Crippen molar-refractivity contribution in [1.29, 1.82) is 0 Å². The third-order valence-electron chi connectivity index (χ3n) is 11.7. The zero-order chi connectivity index (χ0) is 60.7. The van der Waals surface area contributed by atoms with Gasteiger partial charge < -0.3 is 15.5 Å². The second-order valence-corrected chi connectivity index (χ2v) is 20.1. The average molecular weight is 1280 g/mol. The fourth-order valence-corrected chi connectivity index (χ4v) is 7.10. The van der Waals surface area contributed by atoms with Gasteiger partial charge in [-0.25, -0.2) is 0 Å². The minimum atomic E-state index is -0.324. The molecule has 0 bridgehead atoms. The molecule has 1 N–H and O–H groups in total. The van der Waals surface area contributed by atoms with Gasteiger partial charge in [-0.05, 0) is 90.1 Å². The van der Waals surface area contributed by atoms with E-state index in [0.717, 1.165) is 61.7 Å². The third-order valence-corrected chi connectivity index (χ3v) is 11.7. The molecule has 85 heavy (non-hydrogen) atoms. The number of aromatic nitrogens is 4. The smallest absolute Gasteiger partial charge is 0.607 e. The van der Waals surface area contributed by atoms with E-state index < -0.39 is 0 Å². The minimum Gasteiger partial charge on any atom is -0.607 e. The first-order valence-electron chi connectivity index (χ1n) is 27.5. The van der Waals surface area contributed by atoms with Gasteiger partial charge in [0.15, 0.2) is 0 Å². The van der Waals surface area contributed by atoms with Crippen LogP contribution in [0, 0.1) is 76.2 Å². The van der Waals surface area contributed by atoms with Crippen molar-refractivity contribution >= 4 is 0 Å². The summed E-state index contributed by atoms with van der Waals surface area (Å²) >= 11 is 0. The zero-order valence-electron chi connectivity index (χ0n) is 51.3. The normalized spacial score (nSPS) is 9.55. The fourth-order valence-electron chi connectivity index (χ4n) is 7.10. The van der Waals surface area contributed by atoms with E-state index in [9.17, 15) is 0 Å². The Kier molecular flexibility index (Phi) is 37.5. The Bertz CT molecular complexity index is 2800. The van der Waals surface area contributed by atoms with Crippen molar-refractivity contribution in [3.63, 3.8) is 0 Å². The summed E-state index contributed by atoms with van der Waals surface area (Å²) in [6.07, 6.45) is 3.64. The Labute approximate surface area is 551 Å². The van der Waals surface area contributed by atoms with Gasteiger partial charge in [0.2, 0.25) is 0 Å². The van der Waals surface area contributed by atoms with Gasteiger partial charge >= 0.3 is 52.4 Å². The van der Waals surface area contributed by atoms with Gasteiger partial charge in [-0.1, -0.05) is 74.0 Å². The Morgan fingerprint density at radius 1 is 0.306 bits per heavy atom. The SMILES string of the molecule is Cc1ccc(C)n1NC(C)(C)c1ccccn1.Cc1ccc(C)n1[N-]C(C)(C)c1ccccn1.[CH2-]c1ccccc1.[CH2-]c1ccccc1.[CH2-]c1ccccc1.[CH2-]c1ccccc1.[CH2-]c1ccccc1.[CH2-]c1ccccc1.[CH2-]c1ccccc1.[Zr+4].[Zr+4]. The molecular weight excluding hydrogens is 1190 g/mol. The molecule has 0 saturated heterocycles. The number of nitrogens with zero attached hydrogens (tertiary/aromatic N) is 5. The van der Waals surface area contributed by atoms with Gasteiger partial charge in [0, 0.05) is 40.9 Å². The number of nitrogens with one attached hydrogen (secondary N) is 1. The van der Waals surface area contributed by atoms with Crippen LogP contribution in [0.5, 0.6) is 0 Å². The summed E-state index contributed by atoms with van der Waals surface area (Å²) in [5, 5.41) is 0. The molecular formula is C77H86N6Zr2. The van der Waals surface area contributed by atoms with Crippen LogP contribution >= 0.6 is 0 Å². The molecule has 0 aliphatic carbocycles. The van der Waals surface area contributed by atoms with Crippen LogP contribution in [-0.4, -0.2) is 19.3 Å². The maximum Gasteiger partial charge on any atom is 4.00 e. The molecule has 0 spiro atoms. The molecule has 432 valence electrons. The van der Waals surface area contributed by atoms with Gasteiger partial charge in [0.25, 0.3) is 0 Å². The summed E-state index contributed by atoms with van der Waals surface area (Å²) in [6, 6.07) is 89.4. The molecule has 4 aromatic heterocycles. The number of aryl methyl sites for hydroxylation is 4. The Balaban J connectivity index is 0.000000492. The van der Waals surface area contributed by atoms with Crippen LogP contribution in [0.1, 0.15) is 101 Å². The Morgan fingerprint density at radius 3 is 0.741 bits per heavy atom. The van der Waals surface area contributed by atoms with Crippen LogP contribution in [-0.2, 0) is 63.5 Å². The fraction of sp³-hybridized carbons (Fsp3) is 0.130. The molecule has 6 nitrogen and oxygen atoms in total. The van der Waals surface area contributed by atoms with Crippen molar-refractivity contribution < 1.29 is 52.4 Å². The second-order valence-electron chi connectivity index (χ2n) is 20.1. The van der Waals surface area contributed by atoms with E-state index >= 15 is 0 Å². The number of rotatable bonds is 6. The summed E-state index contributed by atoms with van der Waals surface area (Å²) in [5.41, 5.74) is 22.0. The standard InChI is InChI=1S/C14H19N3.C14H18N3.7C7H7.2Zr/c2*1-11-8-9-12(2)17(11)16-14(3,4)13-7-5-6-10-15-13;7*1-7-5-3-2-4-6-7;;/h5-10,16H,1-4H3;5-10H,1-4H3;7*2-6H,1H2;;/q;8*-1;2*+4. The van der Waals surface area contributed by atoms with Crippen molar-refractivity contribution in [3.05, 3.63) is 412 Å². The predicted molar refractivity (Wildman–Crippen MR) is 357 cm³/mol. The monoisotopic (exact) mass is 1270 g/mol. The Hall–Kier alpha value is -8.14. The summed E-state index contributed by atoms with van der Waals surface area (Å²) in [5.74, 6) is 0. The van der Waals surface area contributed by atoms with E-state index in [1.54, 1.807) is 0 Å². The Morgan fingerprint density at radius 2 is 0.529 bits per heavy atom. The molecule has 8 heteroatoms. The average Bonchev–Trinajstić information content (AvgIpc) is 4.26. The number of benzene rings is 7. The molecule has 0 aliphatic heterocycles. The third kappa shape index (κ3) is 33.1. The maximum absolute atomic E-state index is 4.77. The minimum absolute atomic E-state index is 0. The zero-order valence-corrected chi connectivity index (χ0v) is 56.2. The van der Waals surface area contributed by atoms with E-state index in [-0.39, 0.29) is 63.5 Å². The summed E-state index contributed by atoms with van der Waals surface area (Å²) in [4.78, 5) is 8.80. The van der Waals surface area contributed by atoms with Gasteiger partial charge in [-0.15, -0.1) is 84.9 Å². The molecule has 0 unspecified atom stereocenters. The van der Waals surface area contributed by atoms with Crippen LogP contribution in [0.4, 0.5) is 0 Å². The summed E-state index contributed by atoms with van der Waals surface area (Å²) in [7, 11) is 0. The summed E-state index contributed by atoms with van der Waals surface area (Å²) in [6.45, 7) is 42.8. The van der Waals surface area contributed by atoms with Crippen molar-refractivity contribution in [2.24, 2.45) is 0 Å². The van der Waals surface area contributed by atoms with E-state index in [4.69, 9.17) is 5.43 Å². The first-order chi connectivity index (χ1) is 39.8. The van der Waals surface area contributed by atoms with Crippen molar-refractivity contribution in [2.45, 2.75) is 66.5 Å². The van der Waals surface area contributed by atoms with Gasteiger partial charge in [-0.3, -0.25) is 14.6 Å². The van der Waals surface area contributed by atoms with E-state index in [1.807, 2.05) is 266 Å². The largest absolute Gasteiger partial charge is 4.00 e. The number of pyridine rings is 2. The maximum atomic E-state index is 4.77. The topological polar surface area (TPSA) is 61.8 Å². The molecule has 4 heterocycles. The molecule has 7 aromatic carbocycles. The van der Waals surface area contributed by atoms with Crippen LogP contribution in [0.2, 0.25) is 0 Å². The van der Waals surface area contributed by atoms with Gasteiger partial charge in [0.05, 0.1) is 11.2 Å². The van der Waals surface area contributed by atoms with Crippen molar-refractivity contribution in [2.75, 3.05) is 5.43 Å².